The molecule has 1 aliphatic heterocycles. The molecule has 0 aromatic heterocycles. The van der Waals surface area contributed by atoms with Crippen molar-refractivity contribution in [3.05, 3.63) is 65.2 Å². The summed E-state index contributed by atoms with van der Waals surface area (Å²) in [6.45, 7) is 8.18. The van der Waals surface area contributed by atoms with Crippen molar-refractivity contribution in [2.75, 3.05) is 40.4 Å². The Kier molecular flexibility index (Phi) is 8.93. The molecule has 0 radical (unpaired) electrons. The van der Waals surface area contributed by atoms with E-state index in [-0.39, 0.29) is 11.3 Å². The molecule has 2 aromatic carbocycles. The molecule has 2 aromatic rings. The number of nitrogens with zero attached hydrogens (tertiary/aromatic N) is 2. The van der Waals surface area contributed by atoms with Crippen molar-refractivity contribution in [3.63, 3.8) is 0 Å². The van der Waals surface area contributed by atoms with Crippen molar-refractivity contribution in [3.8, 4) is 11.5 Å². The van der Waals surface area contributed by atoms with Gasteiger partial charge in [0.2, 0.25) is 0 Å². The molecule has 188 valence electrons. The zero-order chi connectivity index (χ0) is 25.5. The molecule has 1 saturated heterocycles. The van der Waals surface area contributed by atoms with Gasteiger partial charge >= 0.3 is 0 Å². The molecule has 1 aliphatic rings. The van der Waals surface area contributed by atoms with Crippen molar-refractivity contribution in [1.82, 2.24) is 9.80 Å². The molecule has 0 spiro atoms. The number of carbonyl (C=O) groups is 2. The highest BCUT2D eigenvalue weighted by atomic mass is 16.5. The first kappa shape index (κ1) is 26.3. The minimum Gasteiger partial charge on any atom is -0.507 e. The standard InChI is InChI=1S/C28H36N2O5/c1-6-34-23-11-8-7-10-22(23)25-24(27(32)28(33)30(25)17-9-16-29(4)5)26(31)20-12-14-21(15-13-20)35-18-19(2)3/h7-8,10-15,19,25,31H,6,9,16-18H2,1-5H3/b26-24+/t25-/m0/s1. The van der Waals surface area contributed by atoms with Crippen molar-refractivity contribution in [1.29, 1.82) is 0 Å². The van der Waals surface area contributed by atoms with E-state index in [9.17, 15) is 14.7 Å². The highest BCUT2D eigenvalue weighted by Gasteiger charge is 2.46. The van der Waals surface area contributed by atoms with Crippen LogP contribution in [0, 0.1) is 5.92 Å². The lowest BCUT2D eigenvalue weighted by Gasteiger charge is -2.27. The number of hydrogen-bond acceptors (Lipinski definition) is 6. The van der Waals surface area contributed by atoms with E-state index in [0.29, 0.717) is 54.7 Å². The van der Waals surface area contributed by atoms with E-state index in [4.69, 9.17) is 9.47 Å². The lowest BCUT2D eigenvalue weighted by atomic mass is 9.94. The Morgan fingerprint density at radius 2 is 1.74 bits per heavy atom. The van der Waals surface area contributed by atoms with Crippen LogP contribution in [0.2, 0.25) is 0 Å². The predicted octanol–water partition coefficient (Wildman–Crippen LogP) is 4.49. The zero-order valence-corrected chi connectivity index (χ0v) is 21.3. The predicted molar refractivity (Wildman–Crippen MR) is 137 cm³/mol. The number of para-hydroxylation sites is 1. The molecule has 1 amide bonds. The number of amides is 1. The zero-order valence-electron chi connectivity index (χ0n) is 21.3. The topological polar surface area (TPSA) is 79.3 Å². The van der Waals surface area contributed by atoms with Gasteiger partial charge in [-0.15, -0.1) is 0 Å². The Morgan fingerprint density at radius 3 is 2.37 bits per heavy atom. The largest absolute Gasteiger partial charge is 0.507 e. The number of benzene rings is 2. The third-order valence-electron chi connectivity index (χ3n) is 5.77. The second-order valence-electron chi connectivity index (χ2n) is 9.35. The summed E-state index contributed by atoms with van der Waals surface area (Å²) in [5.41, 5.74) is 1.20. The van der Waals surface area contributed by atoms with Gasteiger partial charge in [-0.3, -0.25) is 9.59 Å². The Bertz CT molecular complexity index is 1060. The number of carbonyl (C=O) groups excluding carboxylic acids is 2. The highest BCUT2D eigenvalue weighted by molar-refractivity contribution is 6.46. The average Bonchev–Trinajstić information content (AvgIpc) is 3.08. The number of Topliss-reactive ketones (excluding diaryl/α,β-unsaturated/α-hetero) is 1. The molecule has 7 nitrogen and oxygen atoms in total. The quantitative estimate of drug-likeness (QED) is 0.290. The Balaban J connectivity index is 2.05. The fourth-order valence-electron chi connectivity index (χ4n) is 4.11. The smallest absolute Gasteiger partial charge is 0.295 e. The van der Waals surface area contributed by atoms with Crippen LogP contribution in [0.1, 0.15) is 44.4 Å². The van der Waals surface area contributed by atoms with Crippen molar-refractivity contribution in [2.24, 2.45) is 5.92 Å². The molecular formula is C28H36N2O5. The van der Waals surface area contributed by atoms with Crippen molar-refractivity contribution in [2.45, 2.75) is 33.2 Å². The maximum Gasteiger partial charge on any atom is 0.295 e. The van der Waals surface area contributed by atoms with Gasteiger partial charge in [0, 0.05) is 17.7 Å². The second kappa shape index (κ2) is 11.9. The van der Waals surface area contributed by atoms with E-state index in [1.807, 2.05) is 50.2 Å². The van der Waals surface area contributed by atoms with Gasteiger partial charge in [-0.05, 0) is 70.2 Å². The van der Waals surface area contributed by atoms with Crippen molar-refractivity contribution >= 4 is 17.4 Å². The minimum atomic E-state index is -0.739. The van der Waals surface area contributed by atoms with Crippen LogP contribution in [0.5, 0.6) is 11.5 Å². The van der Waals surface area contributed by atoms with Crippen LogP contribution in [0.25, 0.3) is 5.76 Å². The summed E-state index contributed by atoms with van der Waals surface area (Å²) in [6, 6.07) is 13.5. The first-order valence-corrected chi connectivity index (χ1v) is 12.1. The maximum absolute atomic E-state index is 13.2. The van der Waals surface area contributed by atoms with Crippen LogP contribution in [0.15, 0.2) is 54.1 Å². The van der Waals surface area contributed by atoms with E-state index >= 15 is 0 Å². The van der Waals surface area contributed by atoms with Gasteiger partial charge in [-0.2, -0.15) is 0 Å². The van der Waals surface area contributed by atoms with E-state index < -0.39 is 17.7 Å². The molecule has 7 heteroatoms. The average molecular weight is 481 g/mol. The van der Waals surface area contributed by atoms with Crippen LogP contribution >= 0.6 is 0 Å². The first-order chi connectivity index (χ1) is 16.7. The minimum absolute atomic E-state index is 0.0721. The van der Waals surface area contributed by atoms with Crippen LogP contribution < -0.4 is 9.47 Å². The number of ether oxygens (including phenoxy) is 2. The monoisotopic (exact) mass is 480 g/mol. The number of aliphatic hydroxyl groups is 1. The fourth-order valence-corrected chi connectivity index (χ4v) is 4.11. The molecule has 1 heterocycles. The van der Waals surface area contributed by atoms with Crippen molar-refractivity contribution < 1.29 is 24.2 Å². The molecule has 0 bridgehead atoms. The molecule has 1 atom stereocenters. The van der Waals surface area contributed by atoms with Crippen LogP contribution in [-0.4, -0.2) is 67.0 Å². The molecular weight excluding hydrogens is 444 g/mol. The summed E-state index contributed by atoms with van der Waals surface area (Å²) >= 11 is 0. The summed E-state index contributed by atoms with van der Waals surface area (Å²) < 4.78 is 11.6. The number of likely N-dealkylation sites (tertiary alicyclic amines) is 1. The third kappa shape index (κ3) is 6.22. The van der Waals surface area contributed by atoms with Gasteiger partial charge < -0.3 is 24.4 Å². The third-order valence-corrected chi connectivity index (χ3v) is 5.77. The van der Waals surface area contributed by atoms with Crippen LogP contribution in [-0.2, 0) is 9.59 Å². The SMILES string of the molecule is CCOc1ccccc1[C@H]1/C(=C(\O)c2ccc(OCC(C)C)cc2)C(=O)C(=O)N1CCCN(C)C. The number of aliphatic hydroxyl groups excluding tert-OH is 1. The van der Waals surface area contributed by atoms with E-state index in [1.54, 1.807) is 29.2 Å². The summed E-state index contributed by atoms with van der Waals surface area (Å²) in [7, 11) is 3.93. The molecule has 0 unspecified atom stereocenters. The van der Waals surface area contributed by atoms with Gasteiger partial charge in [0.05, 0.1) is 24.8 Å². The Morgan fingerprint density at radius 1 is 1.06 bits per heavy atom. The normalized spacial score (nSPS) is 17.5. The molecule has 0 aliphatic carbocycles. The lowest BCUT2D eigenvalue weighted by molar-refractivity contribution is -0.140. The Hall–Kier alpha value is -3.32. The first-order valence-electron chi connectivity index (χ1n) is 12.1. The maximum atomic E-state index is 13.2. The van der Waals surface area contributed by atoms with Crippen LogP contribution in [0.4, 0.5) is 0 Å². The highest BCUT2D eigenvalue weighted by Crippen LogP contribution is 2.42. The number of ketones is 1. The van der Waals surface area contributed by atoms with Gasteiger partial charge in [0.15, 0.2) is 0 Å². The molecule has 35 heavy (non-hydrogen) atoms. The lowest BCUT2D eigenvalue weighted by Crippen LogP contribution is -2.32. The van der Waals surface area contributed by atoms with E-state index in [1.165, 1.54) is 0 Å². The van der Waals surface area contributed by atoms with Gasteiger partial charge in [-0.25, -0.2) is 0 Å². The second-order valence-corrected chi connectivity index (χ2v) is 9.35. The van der Waals surface area contributed by atoms with E-state index in [2.05, 4.69) is 13.8 Å². The van der Waals surface area contributed by atoms with E-state index in [0.717, 1.165) is 6.54 Å². The molecule has 1 fully saturated rings. The fraction of sp³-hybridized carbons (Fsp3) is 0.429. The Labute approximate surface area is 207 Å². The number of hydrogen-bond donors (Lipinski definition) is 1. The summed E-state index contributed by atoms with van der Waals surface area (Å²) in [5, 5.41) is 11.3. The number of rotatable bonds is 11. The van der Waals surface area contributed by atoms with Gasteiger partial charge in [-0.1, -0.05) is 32.0 Å². The van der Waals surface area contributed by atoms with Gasteiger partial charge in [0.25, 0.3) is 11.7 Å². The summed E-state index contributed by atoms with van der Waals surface area (Å²) in [6.07, 6.45) is 0.690. The van der Waals surface area contributed by atoms with Gasteiger partial charge in [0.1, 0.15) is 17.3 Å². The molecule has 1 N–H and O–H groups in total. The summed E-state index contributed by atoms with van der Waals surface area (Å²) in [4.78, 5) is 30.0. The molecule has 3 rings (SSSR count). The summed E-state index contributed by atoms with van der Waals surface area (Å²) in [5.74, 6) is 0.143. The molecule has 0 saturated carbocycles. The van der Waals surface area contributed by atoms with Crippen LogP contribution in [0.3, 0.4) is 0 Å².